The Morgan fingerprint density at radius 2 is 1.83 bits per heavy atom. The SMILES string of the molecule is CC(C)(C)OC(=O)N1C2CCC1CN(c1nc(OCCN)nc3c(F)c(-c4cccc5cccc(Cl)c45)ncc13)C2. The summed E-state index contributed by atoms with van der Waals surface area (Å²) in [4.78, 5) is 30.6. The lowest BCUT2D eigenvalue weighted by Gasteiger charge is -2.42. The van der Waals surface area contributed by atoms with E-state index in [0.717, 1.165) is 18.2 Å². The van der Waals surface area contributed by atoms with Gasteiger partial charge in [0.1, 0.15) is 29.2 Å². The standard InChI is InChI=1S/C30H32ClFN6O3/c1-30(2,3)41-29(39)38-18-10-11-19(38)16-37(15-18)27-21-14-34-25(24(32)26(21)35-28(36-27)40-13-12-33)20-8-4-6-17-7-5-9-22(31)23(17)20/h4-9,14,18-19H,10-13,15-16,33H2,1-3H3. The Balaban J connectivity index is 1.43. The summed E-state index contributed by atoms with van der Waals surface area (Å²) < 4.78 is 27.8. The van der Waals surface area contributed by atoms with Crippen LogP contribution in [0.15, 0.2) is 42.6 Å². The zero-order chi connectivity index (χ0) is 28.9. The van der Waals surface area contributed by atoms with Crippen molar-refractivity contribution in [1.29, 1.82) is 0 Å². The molecule has 0 spiro atoms. The molecule has 2 saturated heterocycles. The maximum absolute atomic E-state index is 16.4. The molecule has 4 heterocycles. The minimum atomic E-state index is -0.591. The first-order valence-electron chi connectivity index (χ1n) is 13.8. The summed E-state index contributed by atoms with van der Waals surface area (Å²) in [5, 5.41) is 2.56. The largest absolute Gasteiger partial charge is 0.462 e. The van der Waals surface area contributed by atoms with Gasteiger partial charge in [0.25, 0.3) is 0 Å². The van der Waals surface area contributed by atoms with E-state index in [4.69, 9.17) is 26.8 Å². The van der Waals surface area contributed by atoms with Gasteiger partial charge >= 0.3 is 12.1 Å². The summed E-state index contributed by atoms with van der Waals surface area (Å²) in [5.41, 5.74) is 5.88. The van der Waals surface area contributed by atoms with Gasteiger partial charge in [-0.3, -0.25) is 9.88 Å². The molecule has 214 valence electrons. The highest BCUT2D eigenvalue weighted by Crippen LogP contribution is 2.39. The van der Waals surface area contributed by atoms with Crippen LogP contribution >= 0.6 is 11.6 Å². The molecule has 4 aromatic rings. The van der Waals surface area contributed by atoms with Gasteiger partial charge in [-0.05, 0) is 45.1 Å². The van der Waals surface area contributed by atoms with Crippen LogP contribution in [0.2, 0.25) is 5.02 Å². The molecule has 2 aromatic carbocycles. The molecule has 2 N–H and O–H groups in total. The second-order valence-electron chi connectivity index (χ2n) is 11.5. The molecule has 6 rings (SSSR count). The number of nitrogens with two attached hydrogens (primary N) is 1. The quantitative estimate of drug-likeness (QED) is 0.328. The molecule has 2 unspecified atom stereocenters. The van der Waals surface area contributed by atoms with E-state index in [-0.39, 0.29) is 48.5 Å². The zero-order valence-corrected chi connectivity index (χ0v) is 24.0. The fourth-order valence-corrected chi connectivity index (χ4v) is 6.13. The van der Waals surface area contributed by atoms with E-state index >= 15 is 4.39 Å². The summed E-state index contributed by atoms with van der Waals surface area (Å²) in [6.07, 6.45) is 2.99. The number of rotatable bonds is 5. The Morgan fingerprint density at radius 1 is 1.12 bits per heavy atom. The van der Waals surface area contributed by atoms with Gasteiger partial charge in [-0.1, -0.05) is 41.9 Å². The number of aromatic nitrogens is 3. The topological polar surface area (TPSA) is 107 Å². The molecule has 41 heavy (non-hydrogen) atoms. The zero-order valence-electron chi connectivity index (χ0n) is 23.2. The number of hydrogen-bond donors (Lipinski definition) is 1. The first-order chi connectivity index (χ1) is 19.6. The summed E-state index contributed by atoms with van der Waals surface area (Å²) >= 11 is 6.54. The van der Waals surface area contributed by atoms with Gasteiger partial charge in [0.15, 0.2) is 5.82 Å². The van der Waals surface area contributed by atoms with Crippen molar-refractivity contribution in [3.8, 4) is 17.3 Å². The Kier molecular flexibility index (Phi) is 7.07. The maximum atomic E-state index is 16.4. The Hall–Kier alpha value is -3.76. The molecule has 2 fully saturated rings. The van der Waals surface area contributed by atoms with Gasteiger partial charge in [-0.2, -0.15) is 9.97 Å². The molecule has 1 amide bonds. The number of carbonyl (C=O) groups is 1. The number of hydrogen-bond acceptors (Lipinski definition) is 8. The lowest BCUT2D eigenvalue weighted by molar-refractivity contribution is 0.0123. The molecular formula is C30H32ClFN6O3. The number of pyridine rings is 1. The molecule has 0 radical (unpaired) electrons. The van der Waals surface area contributed by atoms with Gasteiger partial charge in [-0.15, -0.1) is 0 Å². The Morgan fingerprint density at radius 3 is 2.51 bits per heavy atom. The first kappa shape index (κ1) is 27.4. The Bertz CT molecular complexity index is 1630. The smallest absolute Gasteiger partial charge is 0.410 e. The third-order valence-corrected chi connectivity index (χ3v) is 7.80. The number of amides is 1. The predicted molar refractivity (Wildman–Crippen MR) is 157 cm³/mol. The van der Waals surface area contributed by atoms with Crippen LogP contribution in [0.3, 0.4) is 0 Å². The number of anilines is 1. The van der Waals surface area contributed by atoms with Crippen molar-refractivity contribution in [2.24, 2.45) is 5.73 Å². The van der Waals surface area contributed by atoms with Crippen molar-refractivity contribution in [3.05, 3.63) is 53.4 Å². The number of fused-ring (bicyclic) bond motifs is 4. The normalized spacial score (nSPS) is 18.8. The van der Waals surface area contributed by atoms with Crippen LogP contribution in [0, 0.1) is 5.82 Å². The van der Waals surface area contributed by atoms with Crippen LogP contribution in [0.5, 0.6) is 6.01 Å². The molecule has 2 aliphatic rings. The van der Waals surface area contributed by atoms with Crippen molar-refractivity contribution in [2.75, 3.05) is 31.1 Å². The fourth-order valence-electron chi connectivity index (χ4n) is 5.85. The van der Waals surface area contributed by atoms with Crippen LogP contribution in [0.25, 0.3) is 32.9 Å². The van der Waals surface area contributed by atoms with Gasteiger partial charge in [-0.25, -0.2) is 9.18 Å². The summed E-state index contributed by atoms with van der Waals surface area (Å²) in [6.45, 7) is 7.05. The van der Waals surface area contributed by atoms with Crippen LogP contribution in [0.1, 0.15) is 33.6 Å². The van der Waals surface area contributed by atoms with E-state index in [2.05, 4.69) is 19.9 Å². The number of piperazine rings is 1. The molecule has 2 aromatic heterocycles. The summed E-state index contributed by atoms with van der Waals surface area (Å²) in [6, 6.07) is 11.0. The van der Waals surface area contributed by atoms with Crippen molar-refractivity contribution in [1.82, 2.24) is 19.9 Å². The predicted octanol–water partition coefficient (Wildman–Crippen LogP) is 5.56. The molecule has 0 aliphatic carbocycles. The van der Waals surface area contributed by atoms with Crippen molar-refractivity contribution in [2.45, 2.75) is 51.3 Å². The highest BCUT2D eigenvalue weighted by molar-refractivity contribution is 6.36. The number of ether oxygens (including phenoxy) is 2. The molecule has 11 heteroatoms. The molecular weight excluding hydrogens is 547 g/mol. The average Bonchev–Trinajstić information content (AvgIpc) is 3.20. The lowest BCUT2D eigenvalue weighted by Crippen LogP contribution is -2.57. The van der Waals surface area contributed by atoms with Crippen LogP contribution in [-0.4, -0.2) is 69.9 Å². The molecule has 2 atom stereocenters. The van der Waals surface area contributed by atoms with E-state index in [1.165, 1.54) is 0 Å². The van der Waals surface area contributed by atoms with Gasteiger partial charge < -0.3 is 20.1 Å². The number of nitrogens with zero attached hydrogens (tertiary/aromatic N) is 5. The average molecular weight is 579 g/mol. The van der Waals surface area contributed by atoms with Gasteiger partial charge in [0.2, 0.25) is 0 Å². The van der Waals surface area contributed by atoms with Gasteiger partial charge in [0, 0.05) is 41.8 Å². The Labute approximate surface area is 242 Å². The second kappa shape index (κ2) is 10.6. The number of halogens is 2. The second-order valence-corrected chi connectivity index (χ2v) is 11.9. The van der Waals surface area contributed by atoms with E-state index in [9.17, 15) is 4.79 Å². The van der Waals surface area contributed by atoms with E-state index in [1.54, 1.807) is 18.3 Å². The first-order valence-corrected chi connectivity index (χ1v) is 14.2. The monoisotopic (exact) mass is 578 g/mol. The van der Waals surface area contributed by atoms with Crippen molar-refractivity contribution >= 4 is 45.2 Å². The van der Waals surface area contributed by atoms with E-state index in [0.29, 0.717) is 40.3 Å². The third kappa shape index (κ3) is 5.10. The molecule has 0 saturated carbocycles. The molecule has 2 bridgehead atoms. The minimum Gasteiger partial charge on any atom is -0.462 e. The summed E-state index contributed by atoms with van der Waals surface area (Å²) in [5.74, 6) is -0.0804. The van der Waals surface area contributed by atoms with Crippen molar-refractivity contribution in [3.63, 3.8) is 0 Å². The molecule has 2 aliphatic heterocycles. The summed E-state index contributed by atoms with van der Waals surface area (Å²) in [7, 11) is 0. The van der Waals surface area contributed by atoms with E-state index < -0.39 is 11.4 Å². The van der Waals surface area contributed by atoms with E-state index in [1.807, 2.05) is 49.9 Å². The minimum absolute atomic E-state index is 0.0341. The van der Waals surface area contributed by atoms with Crippen LogP contribution < -0.4 is 15.4 Å². The lowest BCUT2D eigenvalue weighted by atomic mass is 10.0. The fraction of sp³-hybridized carbons (Fsp3) is 0.400. The van der Waals surface area contributed by atoms with Gasteiger partial charge in [0.05, 0.1) is 17.5 Å². The van der Waals surface area contributed by atoms with Crippen LogP contribution in [-0.2, 0) is 4.74 Å². The highest BCUT2D eigenvalue weighted by atomic mass is 35.5. The number of benzene rings is 2. The van der Waals surface area contributed by atoms with Crippen molar-refractivity contribution < 1.29 is 18.7 Å². The third-order valence-electron chi connectivity index (χ3n) is 7.49. The van der Waals surface area contributed by atoms with Crippen LogP contribution in [0.4, 0.5) is 15.0 Å². The number of carbonyl (C=O) groups excluding carboxylic acids is 1. The highest BCUT2D eigenvalue weighted by Gasteiger charge is 2.45. The maximum Gasteiger partial charge on any atom is 0.410 e. The molecule has 9 nitrogen and oxygen atoms in total.